The minimum absolute atomic E-state index is 0.0333. The number of carbonyl (C=O) groups is 1. The molecule has 0 bridgehead atoms. The molecular formula is C24H25NO6S. The molecule has 2 heterocycles. The van der Waals surface area contributed by atoms with Gasteiger partial charge >= 0.3 is 0 Å². The molecule has 1 aromatic heterocycles. The zero-order valence-corrected chi connectivity index (χ0v) is 18.9. The molecule has 1 atom stereocenters. The summed E-state index contributed by atoms with van der Waals surface area (Å²) in [6.07, 6.45) is 1.13. The number of aryl methyl sites for hydroxylation is 1. The fourth-order valence-electron chi connectivity index (χ4n) is 3.99. The van der Waals surface area contributed by atoms with Gasteiger partial charge in [0.1, 0.15) is 11.3 Å². The Labute approximate surface area is 186 Å². The predicted octanol–water partition coefficient (Wildman–Crippen LogP) is 3.19. The summed E-state index contributed by atoms with van der Waals surface area (Å²) < 4.78 is 35.2. The number of ether oxygens (including phenoxy) is 1. The maximum Gasteiger partial charge on any atom is 0.290 e. The highest BCUT2D eigenvalue weighted by atomic mass is 32.2. The highest BCUT2D eigenvalue weighted by molar-refractivity contribution is 7.91. The number of carbonyl (C=O) groups excluding carboxylic acids is 1. The van der Waals surface area contributed by atoms with Gasteiger partial charge in [0.05, 0.1) is 24.0 Å². The molecule has 0 N–H and O–H groups in total. The first kappa shape index (κ1) is 22.1. The van der Waals surface area contributed by atoms with E-state index < -0.39 is 21.8 Å². The van der Waals surface area contributed by atoms with Crippen molar-refractivity contribution in [2.45, 2.75) is 32.4 Å². The Bertz CT molecular complexity index is 1310. The van der Waals surface area contributed by atoms with Gasteiger partial charge in [0.25, 0.3) is 5.91 Å². The third kappa shape index (κ3) is 4.55. The largest absolute Gasteiger partial charge is 0.497 e. The number of nitrogens with zero attached hydrogens (tertiary/aromatic N) is 1. The number of hydrogen-bond donors (Lipinski definition) is 0. The van der Waals surface area contributed by atoms with Crippen molar-refractivity contribution >= 4 is 26.7 Å². The monoisotopic (exact) mass is 455 g/mol. The first-order chi connectivity index (χ1) is 15.3. The molecule has 0 aliphatic carbocycles. The van der Waals surface area contributed by atoms with Crippen LogP contribution in [0, 0.1) is 0 Å². The lowest BCUT2D eigenvalue weighted by molar-refractivity contribution is 0.0648. The van der Waals surface area contributed by atoms with Crippen LogP contribution >= 0.6 is 0 Å². The zero-order valence-electron chi connectivity index (χ0n) is 18.0. The van der Waals surface area contributed by atoms with Gasteiger partial charge in [-0.15, -0.1) is 0 Å². The Hall–Kier alpha value is -3.13. The summed E-state index contributed by atoms with van der Waals surface area (Å²) >= 11 is 0. The SMILES string of the molecule is CCc1ccc2oc(C(=O)N(Cc3ccc(OC)cc3)C3CCS(=O)(=O)C3)cc(=O)c2c1. The first-order valence-electron chi connectivity index (χ1n) is 10.5. The zero-order chi connectivity index (χ0) is 22.9. The van der Waals surface area contributed by atoms with Gasteiger partial charge in [0.15, 0.2) is 21.0 Å². The van der Waals surface area contributed by atoms with Crippen molar-refractivity contribution in [1.82, 2.24) is 4.90 Å². The Balaban J connectivity index is 1.71. The molecule has 8 heteroatoms. The molecule has 4 rings (SSSR count). The van der Waals surface area contributed by atoms with Crippen LogP contribution in [-0.2, 0) is 22.8 Å². The highest BCUT2D eigenvalue weighted by Crippen LogP contribution is 2.24. The van der Waals surface area contributed by atoms with E-state index in [2.05, 4.69) is 0 Å². The maximum atomic E-state index is 13.5. The quantitative estimate of drug-likeness (QED) is 0.567. The molecule has 1 amide bonds. The normalized spacial score (nSPS) is 17.4. The molecule has 0 spiro atoms. The topological polar surface area (TPSA) is 93.9 Å². The van der Waals surface area contributed by atoms with E-state index in [1.165, 1.54) is 11.0 Å². The molecule has 7 nitrogen and oxygen atoms in total. The fraction of sp³-hybridized carbons (Fsp3) is 0.333. The van der Waals surface area contributed by atoms with E-state index in [0.29, 0.717) is 23.1 Å². The van der Waals surface area contributed by atoms with E-state index in [0.717, 1.165) is 17.5 Å². The van der Waals surface area contributed by atoms with Gasteiger partial charge < -0.3 is 14.1 Å². The number of amides is 1. The lowest BCUT2D eigenvalue weighted by Crippen LogP contribution is -2.40. The molecule has 1 saturated heterocycles. The van der Waals surface area contributed by atoms with Crippen LogP contribution in [0.25, 0.3) is 11.0 Å². The Morgan fingerprint density at radius 1 is 1.12 bits per heavy atom. The fourth-order valence-corrected chi connectivity index (χ4v) is 5.72. The molecule has 0 radical (unpaired) electrons. The molecular weight excluding hydrogens is 430 g/mol. The second-order valence-corrected chi connectivity index (χ2v) is 10.2. The van der Waals surface area contributed by atoms with E-state index in [4.69, 9.17) is 9.15 Å². The van der Waals surface area contributed by atoms with Crippen LogP contribution in [0.3, 0.4) is 0 Å². The number of hydrogen-bond acceptors (Lipinski definition) is 6. The molecule has 168 valence electrons. The van der Waals surface area contributed by atoms with Crippen LogP contribution in [0.2, 0.25) is 0 Å². The summed E-state index contributed by atoms with van der Waals surface area (Å²) in [4.78, 5) is 27.7. The average molecular weight is 456 g/mol. The van der Waals surface area contributed by atoms with Gasteiger partial charge in [-0.2, -0.15) is 0 Å². The summed E-state index contributed by atoms with van der Waals surface area (Å²) in [5.74, 6) is 0.0195. The summed E-state index contributed by atoms with van der Waals surface area (Å²) in [5.41, 5.74) is 1.86. The van der Waals surface area contributed by atoms with E-state index in [9.17, 15) is 18.0 Å². The standard InChI is InChI=1S/C24H25NO6S/c1-3-16-6-9-22-20(12-16)21(26)13-23(31-22)24(27)25(18-10-11-32(28,29)15-18)14-17-4-7-19(30-2)8-5-17/h4-9,12-13,18H,3,10-11,14-15H2,1-2H3. The Morgan fingerprint density at radius 3 is 2.47 bits per heavy atom. The molecule has 0 saturated carbocycles. The minimum Gasteiger partial charge on any atom is -0.497 e. The molecule has 1 aliphatic rings. The van der Waals surface area contributed by atoms with Gasteiger partial charge in [-0.3, -0.25) is 9.59 Å². The van der Waals surface area contributed by atoms with Crippen molar-refractivity contribution in [2.24, 2.45) is 0 Å². The second-order valence-electron chi connectivity index (χ2n) is 8.00. The molecule has 1 fully saturated rings. The lowest BCUT2D eigenvalue weighted by atomic mass is 10.1. The second kappa shape index (κ2) is 8.78. The van der Waals surface area contributed by atoms with Crippen molar-refractivity contribution in [1.29, 1.82) is 0 Å². The molecule has 1 aliphatic heterocycles. The van der Waals surface area contributed by atoms with Crippen LogP contribution in [-0.4, -0.2) is 43.9 Å². The molecule has 2 aromatic carbocycles. The number of sulfone groups is 1. The van der Waals surface area contributed by atoms with Gasteiger partial charge in [0, 0.05) is 18.7 Å². The van der Waals surface area contributed by atoms with Gasteiger partial charge in [-0.25, -0.2) is 8.42 Å². The van der Waals surface area contributed by atoms with E-state index in [1.807, 2.05) is 25.1 Å². The van der Waals surface area contributed by atoms with Gasteiger partial charge in [0.2, 0.25) is 0 Å². The number of benzene rings is 2. The van der Waals surface area contributed by atoms with Crippen molar-refractivity contribution in [2.75, 3.05) is 18.6 Å². The third-order valence-corrected chi connectivity index (χ3v) is 7.58. The highest BCUT2D eigenvalue weighted by Gasteiger charge is 2.36. The van der Waals surface area contributed by atoms with Crippen LogP contribution in [0.5, 0.6) is 5.75 Å². The van der Waals surface area contributed by atoms with Crippen LogP contribution < -0.4 is 10.2 Å². The summed E-state index contributed by atoms with van der Waals surface area (Å²) in [6, 6.07) is 13.3. The summed E-state index contributed by atoms with van der Waals surface area (Å²) in [5, 5.41) is 0.422. The van der Waals surface area contributed by atoms with Gasteiger partial charge in [-0.05, 0) is 48.2 Å². The van der Waals surface area contributed by atoms with E-state index >= 15 is 0 Å². The maximum absolute atomic E-state index is 13.5. The predicted molar refractivity (Wildman–Crippen MR) is 122 cm³/mol. The van der Waals surface area contributed by atoms with Gasteiger partial charge in [-0.1, -0.05) is 25.1 Å². The van der Waals surface area contributed by atoms with E-state index in [1.54, 1.807) is 31.4 Å². The number of methoxy groups -OCH3 is 1. The van der Waals surface area contributed by atoms with E-state index in [-0.39, 0.29) is 29.2 Å². The minimum atomic E-state index is -3.22. The first-order valence-corrected chi connectivity index (χ1v) is 12.3. The number of rotatable bonds is 6. The molecule has 3 aromatic rings. The Morgan fingerprint density at radius 2 is 1.84 bits per heavy atom. The molecule has 32 heavy (non-hydrogen) atoms. The molecule has 1 unspecified atom stereocenters. The van der Waals surface area contributed by atoms with Crippen molar-refractivity contribution in [3.8, 4) is 5.75 Å². The van der Waals surface area contributed by atoms with Crippen LogP contribution in [0.1, 0.15) is 35.0 Å². The average Bonchev–Trinajstić information content (AvgIpc) is 3.16. The Kier molecular flexibility index (Phi) is 6.06. The van der Waals surface area contributed by atoms with Crippen molar-refractivity contribution in [3.05, 3.63) is 75.6 Å². The third-order valence-electron chi connectivity index (χ3n) is 5.83. The van der Waals surface area contributed by atoms with Crippen LogP contribution in [0.4, 0.5) is 0 Å². The lowest BCUT2D eigenvalue weighted by Gasteiger charge is -2.28. The summed E-state index contributed by atoms with van der Waals surface area (Å²) in [7, 11) is -1.65. The number of fused-ring (bicyclic) bond motifs is 1. The smallest absolute Gasteiger partial charge is 0.290 e. The van der Waals surface area contributed by atoms with Crippen LogP contribution in [0.15, 0.2) is 57.7 Å². The van der Waals surface area contributed by atoms with Crippen molar-refractivity contribution < 1.29 is 22.4 Å². The van der Waals surface area contributed by atoms with Crippen molar-refractivity contribution in [3.63, 3.8) is 0 Å². The summed E-state index contributed by atoms with van der Waals surface area (Å²) in [6.45, 7) is 2.19.